The molecule has 0 aliphatic rings. The molecule has 0 aromatic heterocycles. The number of phosphoric ester groups is 1. The van der Waals surface area contributed by atoms with Crippen LogP contribution in [0.4, 0.5) is 0 Å². The highest BCUT2D eigenvalue weighted by Gasteiger charge is 2.22. The summed E-state index contributed by atoms with van der Waals surface area (Å²) in [5, 5.41) is 0. The smallest absolute Gasteiger partial charge is 0.306 e. The number of likely N-dealkylation sites (N-methyl/N-ethyl adjacent to an activating group) is 1. The number of ether oxygens (including phenoxy) is 2. The number of unbranched alkanes of at least 4 members (excludes halogenated alkanes) is 28. The Morgan fingerprint density at radius 2 is 0.760 bits per heavy atom. The molecule has 0 aliphatic carbocycles. The first-order chi connectivity index (χ1) is 36.5. The molecule has 2 unspecified atom stereocenters. The molecule has 0 bridgehead atoms. The second-order valence-electron chi connectivity index (χ2n) is 21.7. The van der Waals surface area contributed by atoms with Gasteiger partial charge in [-0.05, 0) is 70.6 Å². The van der Waals surface area contributed by atoms with Crippen LogP contribution in [-0.2, 0) is 32.7 Å². The van der Waals surface area contributed by atoms with Crippen molar-refractivity contribution in [2.75, 3.05) is 47.5 Å². The fraction of sp³-hybridized carbons (Fsp3) is 0.754. The second kappa shape index (κ2) is 55.9. The van der Waals surface area contributed by atoms with Crippen molar-refractivity contribution in [1.82, 2.24) is 0 Å². The van der Waals surface area contributed by atoms with Gasteiger partial charge in [0.15, 0.2) is 6.10 Å². The second-order valence-corrected chi connectivity index (χ2v) is 23.1. The van der Waals surface area contributed by atoms with Crippen LogP contribution in [0, 0.1) is 0 Å². The molecular formula is C65H116NO8P. The average Bonchev–Trinajstić information content (AvgIpc) is 3.37. The normalized spacial score (nSPS) is 13.8. The molecule has 9 nitrogen and oxygen atoms in total. The zero-order valence-electron chi connectivity index (χ0n) is 49.2. The molecule has 0 N–H and O–H groups in total. The summed E-state index contributed by atoms with van der Waals surface area (Å²) in [6.45, 7) is 4.14. The third-order valence-electron chi connectivity index (χ3n) is 13.2. The lowest BCUT2D eigenvalue weighted by Gasteiger charge is -2.28. The maximum Gasteiger partial charge on any atom is 0.306 e. The number of hydrogen-bond acceptors (Lipinski definition) is 8. The first kappa shape index (κ1) is 72.2. The van der Waals surface area contributed by atoms with Crippen LogP contribution < -0.4 is 4.89 Å². The van der Waals surface area contributed by atoms with Crippen LogP contribution in [0.3, 0.4) is 0 Å². The van der Waals surface area contributed by atoms with Gasteiger partial charge in [0.1, 0.15) is 19.8 Å². The maximum absolute atomic E-state index is 12.8. The van der Waals surface area contributed by atoms with Gasteiger partial charge in [-0.25, -0.2) is 0 Å². The van der Waals surface area contributed by atoms with Gasteiger partial charge < -0.3 is 27.9 Å². The Morgan fingerprint density at radius 1 is 0.427 bits per heavy atom. The summed E-state index contributed by atoms with van der Waals surface area (Å²) < 4.78 is 34.2. The molecule has 0 rings (SSSR count). The van der Waals surface area contributed by atoms with Crippen molar-refractivity contribution >= 4 is 19.8 Å². The molecule has 0 aliphatic heterocycles. The number of quaternary nitrogens is 1. The van der Waals surface area contributed by atoms with Crippen molar-refractivity contribution in [3.63, 3.8) is 0 Å². The molecule has 0 fully saturated rings. The number of rotatable bonds is 56. The number of phosphoric acid groups is 1. The van der Waals surface area contributed by atoms with E-state index in [2.05, 4.69) is 98.9 Å². The lowest BCUT2D eigenvalue weighted by atomic mass is 10.0. The SMILES string of the molecule is CC/C=C\C/C=C\C/C=C\C/C=C\C/C=C\C/C=C\C/C=C\CCCCCCCCCCCC(=O)OC(COC(=O)CCCCCCCCCCCCCCCCCCCCCC)COP(=O)([O-])OCC[N+](C)(C)C. The third kappa shape index (κ3) is 60.3. The van der Waals surface area contributed by atoms with Crippen molar-refractivity contribution in [2.45, 2.75) is 270 Å². The van der Waals surface area contributed by atoms with E-state index in [9.17, 15) is 19.0 Å². The van der Waals surface area contributed by atoms with Crippen LogP contribution in [0.1, 0.15) is 264 Å². The Hall–Kier alpha value is -2.81. The van der Waals surface area contributed by atoms with Crippen LogP contribution in [0.2, 0.25) is 0 Å². The summed E-state index contributed by atoms with van der Waals surface area (Å²) in [4.78, 5) is 37.9. The predicted octanol–water partition coefficient (Wildman–Crippen LogP) is 18.8. The Morgan fingerprint density at radius 3 is 1.13 bits per heavy atom. The molecule has 0 saturated heterocycles. The van der Waals surface area contributed by atoms with Crippen LogP contribution in [0.5, 0.6) is 0 Å². The van der Waals surface area contributed by atoms with E-state index < -0.39 is 26.5 Å². The molecule has 0 radical (unpaired) electrons. The fourth-order valence-corrected chi connectivity index (χ4v) is 9.19. The summed E-state index contributed by atoms with van der Waals surface area (Å²) in [5.74, 6) is -0.834. The average molecular weight is 1070 g/mol. The number of allylic oxidation sites excluding steroid dienone is 14. The first-order valence-electron chi connectivity index (χ1n) is 30.8. The quantitative estimate of drug-likeness (QED) is 0.0195. The van der Waals surface area contributed by atoms with Gasteiger partial charge in [-0.1, -0.05) is 266 Å². The minimum atomic E-state index is -4.64. The highest BCUT2D eigenvalue weighted by atomic mass is 31.2. The molecule has 0 amide bonds. The van der Waals surface area contributed by atoms with E-state index in [0.717, 1.165) is 89.9 Å². The summed E-state index contributed by atoms with van der Waals surface area (Å²) in [5.41, 5.74) is 0. The molecular weight excluding hydrogens is 954 g/mol. The third-order valence-corrected chi connectivity index (χ3v) is 14.1. The van der Waals surface area contributed by atoms with E-state index in [-0.39, 0.29) is 32.0 Å². The van der Waals surface area contributed by atoms with Gasteiger partial charge in [0.25, 0.3) is 7.82 Å². The number of carbonyl (C=O) groups excluding carboxylic acids is 2. The topological polar surface area (TPSA) is 111 Å². The number of nitrogens with zero attached hydrogens (tertiary/aromatic N) is 1. The molecule has 434 valence electrons. The first-order valence-corrected chi connectivity index (χ1v) is 32.3. The molecule has 2 atom stereocenters. The van der Waals surface area contributed by atoms with Gasteiger partial charge in [0.05, 0.1) is 27.7 Å². The van der Waals surface area contributed by atoms with Crippen molar-refractivity contribution in [2.24, 2.45) is 0 Å². The van der Waals surface area contributed by atoms with Crippen molar-refractivity contribution in [3.05, 3.63) is 85.1 Å². The molecule has 0 saturated carbocycles. The van der Waals surface area contributed by atoms with Crippen molar-refractivity contribution in [3.8, 4) is 0 Å². The summed E-state index contributed by atoms with van der Waals surface area (Å²) in [6.07, 6.45) is 74.9. The maximum atomic E-state index is 12.8. The Bertz CT molecular complexity index is 1540. The van der Waals surface area contributed by atoms with Gasteiger partial charge >= 0.3 is 11.9 Å². The summed E-state index contributed by atoms with van der Waals surface area (Å²) >= 11 is 0. The van der Waals surface area contributed by atoms with Crippen LogP contribution in [-0.4, -0.2) is 70.0 Å². The summed E-state index contributed by atoms with van der Waals surface area (Å²) in [7, 11) is 1.16. The van der Waals surface area contributed by atoms with E-state index in [1.54, 1.807) is 0 Å². The van der Waals surface area contributed by atoms with E-state index in [0.29, 0.717) is 17.4 Å². The van der Waals surface area contributed by atoms with Gasteiger partial charge in [0.2, 0.25) is 0 Å². The molecule has 75 heavy (non-hydrogen) atoms. The largest absolute Gasteiger partial charge is 0.756 e. The highest BCUT2D eigenvalue weighted by Crippen LogP contribution is 2.38. The number of carbonyl (C=O) groups is 2. The minimum absolute atomic E-state index is 0.0341. The van der Waals surface area contributed by atoms with Crippen molar-refractivity contribution in [1.29, 1.82) is 0 Å². The van der Waals surface area contributed by atoms with E-state index in [1.165, 1.54) is 141 Å². The van der Waals surface area contributed by atoms with Crippen LogP contribution in [0.15, 0.2) is 85.1 Å². The lowest BCUT2D eigenvalue weighted by molar-refractivity contribution is -0.870. The Labute approximate surface area is 462 Å². The summed E-state index contributed by atoms with van der Waals surface area (Å²) in [6, 6.07) is 0. The van der Waals surface area contributed by atoms with E-state index >= 15 is 0 Å². The molecule has 0 aromatic carbocycles. The van der Waals surface area contributed by atoms with Gasteiger partial charge in [0, 0.05) is 12.8 Å². The predicted molar refractivity (Wildman–Crippen MR) is 319 cm³/mol. The molecule has 10 heteroatoms. The zero-order valence-corrected chi connectivity index (χ0v) is 50.1. The highest BCUT2D eigenvalue weighted by molar-refractivity contribution is 7.45. The van der Waals surface area contributed by atoms with Gasteiger partial charge in [-0.2, -0.15) is 0 Å². The Balaban J connectivity index is 4.15. The molecule has 0 heterocycles. The van der Waals surface area contributed by atoms with E-state index in [4.69, 9.17) is 18.5 Å². The van der Waals surface area contributed by atoms with Crippen LogP contribution in [0.25, 0.3) is 0 Å². The monoisotopic (exact) mass is 1070 g/mol. The standard InChI is InChI=1S/C65H116NO8P/c1-6-8-10-12-14-16-18-20-22-24-26-28-29-30-31-32-33-34-35-36-37-38-40-42-44-46-48-50-52-54-56-58-65(68)74-63(62-73-75(69,70)72-60-59-66(3,4)5)61-71-64(67)57-55-53-51-49-47-45-43-41-39-27-25-23-21-19-17-15-13-11-9-7-2/h8,10,14,16,20,22,26,28,30-31,33-34,36-37,63H,6-7,9,11-13,15,17-19,21,23-25,27,29,32,35,38-62H2,1-5H3/b10-8-,16-14-,22-20-,28-26-,31-30-,34-33-,37-36-. The number of hydrogen-bond donors (Lipinski definition) is 0. The van der Waals surface area contributed by atoms with Crippen LogP contribution >= 0.6 is 7.82 Å². The van der Waals surface area contributed by atoms with E-state index in [1.807, 2.05) is 21.1 Å². The molecule has 0 aromatic rings. The van der Waals surface area contributed by atoms with Gasteiger partial charge in [-0.3, -0.25) is 14.2 Å². The Kier molecular flexibility index (Phi) is 53.8. The zero-order chi connectivity index (χ0) is 54.9. The van der Waals surface area contributed by atoms with Gasteiger partial charge in [-0.15, -0.1) is 0 Å². The lowest BCUT2D eigenvalue weighted by Crippen LogP contribution is -2.37. The minimum Gasteiger partial charge on any atom is -0.756 e. The van der Waals surface area contributed by atoms with Crippen molar-refractivity contribution < 1.29 is 42.1 Å². The number of esters is 2. The molecule has 0 spiro atoms. The fourth-order valence-electron chi connectivity index (χ4n) is 8.46.